The predicted molar refractivity (Wildman–Crippen MR) is 92.7 cm³/mol. The van der Waals surface area contributed by atoms with Crippen LogP contribution < -0.4 is 0 Å². The van der Waals surface area contributed by atoms with Crippen molar-refractivity contribution < 1.29 is 0 Å². The Morgan fingerprint density at radius 2 is 1.96 bits per heavy atom. The normalized spacial score (nSPS) is 10.9. The van der Waals surface area contributed by atoms with Gasteiger partial charge in [0.05, 0.1) is 11.4 Å². The Balaban J connectivity index is 1.52. The van der Waals surface area contributed by atoms with E-state index in [9.17, 15) is 0 Å². The Kier molecular flexibility index (Phi) is 4.02. The minimum absolute atomic E-state index is 0.462. The van der Waals surface area contributed by atoms with Crippen LogP contribution in [0.25, 0.3) is 22.1 Å². The van der Waals surface area contributed by atoms with E-state index < -0.39 is 0 Å². The van der Waals surface area contributed by atoms with Crippen LogP contribution in [-0.4, -0.2) is 30.2 Å². The first kappa shape index (κ1) is 14.9. The van der Waals surface area contributed by atoms with E-state index in [0.29, 0.717) is 17.4 Å². The molecular weight excluding hydrogens is 344 g/mol. The molecule has 0 radical (unpaired) electrons. The largest absolute Gasteiger partial charge is 0.254 e. The summed E-state index contributed by atoms with van der Waals surface area (Å²) in [4.78, 5) is 10.4. The summed E-state index contributed by atoms with van der Waals surface area (Å²) in [6, 6.07) is 13.1. The number of halogens is 1. The molecule has 0 atom stereocenters. The van der Waals surface area contributed by atoms with Crippen LogP contribution in [0.4, 0.5) is 0 Å². The molecule has 1 aromatic carbocycles. The summed E-state index contributed by atoms with van der Waals surface area (Å²) in [5.41, 5.74) is 2.61. The van der Waals surface area contributed by atoms with Gasteiger partial charge in [-0.3, -0.25) is 4.98 Å². The van der Waals surface area contributed by atoms with E-state index in [1.54, 1.807) is 29.7 Å². The molecule has 0 fully saturated rings. The summed E-state index contributed by atoms with van der Waals surface area (Å²) in [5, 5.41) is 16.1. The highest BCUT2D eigenvalue weighted by Gasteiger charge is 2.09. The minimum atomic E-state index is 0.462. The number of hydrogen-bond donors (Lipinski definition) is 0. The van der Waals surface area contributed by atoms with E-state index in [0.717, 1.165) is 22.0 Å². The first-order chi connectivity index (χ1) is 11.8. The third-order valence-electron chi connectivity index (χ3n) is 3.29. The summed E-state index contributed by atoms with van der Waals surface area (Å²) in [6.45, 7) is 0.462. The number of aromatic nitrogens is 6. The number of rotatable bonds is 4. The molecule has 0 bridgehead atoms. The zero-order valence-corrected chi connectivity index (χ0v) is 13.9. The van der Waals surface area contributed by atoms with Crippen molar-refractivity contribution in [3.63, 3.8) is 0 Å². The molecule has 0 spiro atoms. The van der Waals surface area contributed by atoms with Crippen LogP contribution in [0.1, 0.15) is 5.69 Å². The Morgan fingerprint density at radius 3 is 2.75 bits per heavy atom. The molecule has 0 saturated heterocycles. The lowest BCUT2D eigenvalue weighted by molar-refractivity contribution is 0.566. The molecule has 0 amide bonds. The predicted octanol–water partition coefficient (Wildman–Crippen LogP) is 3.56. The fraction of sp³-hybridized carbons (Fsp3) is 0.0625. The highest BCUT2D eigenvalue weighted by Crippen LogP contribution is 2.22. The van der Waals surface area contributed by atoms with E-state index in [4.69, 9.17) is 11.6 Å². The van der Waals surface area contributed by atoms with Crippen LogP contribution in [0.5, 0.6) is 0 Å². The van der Waals surface area contributed by atoms with Gasteiger partial charge >= 0.3 is 0 Å². The van der Waals surface area contributed by atoms with Gasteiger partial charge in [0.1, 0.15) is 11.6 Å². The monoisotopic (exact) mass is 354 g/mol. The number of tetrazole rings is 1. The van der Waals surface area contributed by atoms with E-state index >= 15 is 0 Å². The van der Waals surface area contributed by atoms with Gasteiger partial charge in [-0.25, -0.2) is 4.98 Å². The Morgan fingerprint density at radius 1 is 1.08 bits per heavy atom. The second-order valence-electron chi connectivity index (χ2n) is 5.01. The third kappa shape index (κ3) is 3.17. The van der Waals surface area contributed by atoms with E-state index in [-0.39, 0.29) is 0 Å². The van der Waals surface area contributed by atoms with Gasteiger partial charge < -0.3 is 0 Å². The summed E-state index contributed by atoms with van der Waals surface area (Å²) < 4.78 is 0. The van der Waals surface area contributed by atoms with Crippen molar-refractivity contribution in [2.45, 2.75) is 6.54 Å². The molecule has 0 aliphatic heterocycles. The maximum absolute atomic E-state index is 5.89. The molecule has 8 heteroatoms. The summed E-state index contributed by atoms with van der Waals surface area (Å²) in [7, 11) is 0. The highest BCUT2D eigenvalue weighted by atomic mass is 35.5. The maximum Gasteiger partial charge on any atom is 0.204 e. The molecule has 0 N–H and O–H groups in total. The van der Waals surface area contributed by atoms with Crippen LogP contribution in [0.15, 0.2) is 54.0 Å². The van der Waals surface area contributed by atoms with Crippen molar-refractivity contribution >= 4 is 22.9 Å². The van der Waals surface area contributed by atoms with Crippen LogP contribution >= 0.6 is 22.9 Å². The van der Waals surface area contributed by atoms with Gasteiger partial charge in [0, 0.05) is 22.2 Å². The molecule has 24 heavy (non-hydrogen) atoms. The van der Waals surface area contributed by atoms with Gasteiger partial charge in [-0.2, -0.15) is 4.80 Å². The molecule has 0 aliphatic carbocycles. The molecule has 4 rings (SSSR count). The smallest absolute Gasteiger partial charge is 0.204 e. The van der Waals surface area contributed by atoms with E-state index in [1.807, 2.05) is 35.7 Å². The zero-order chi connectivity index (χ0) is 16.4. The quantitative estimate of drug-likeness (QED) is 0.560. The van der Waals surface area contributed by atoms with Gasteiger partial charge in [-0.1, -0.05) is 17.7 Å². The van der Waals surface area contributed by atoms with Crippen molar-refractivity contribution in [1.82, 2.24) is 30.2 Å². The molecule has 4 aromatic rings. The van der Waals surface area contributed by atoms with Gasteiger partial charge in [0.15, 0.2) is 0 Å². The average molecular weight is 355 g/mol. The molecule has 118 valence electrons. The Hall–Kier alpha value is -2.64. The topological polar surface area (TPSA) is 69.4 Å². The van der Waals surface area contributed by atoms with Gasteiger partial charge in [0.2, 0.25) is 5.82 Å². The molecule has 0 saturated carbocycles. The van der Waals surface area contributed by atoms with Crippen LogP contribution in [0.3, 0.4) is 0 Å². The molecule has 6 nitrogen and oxygen atoms in total. The number of nitrogens with zero attached hydrogens (tertiary/aromatic N) is 6. The Bertz CT molecular complexity index is 948. The van der Waals surface area contributed by atoms with Crippen LogP contribution in [-0.2, 0) is 6.54 Å². The third-order valence-corrected chi connectivity index (χ3v) is 4.46. The fourth-order valence-electron chi connectivity index (χ4n) is 2.16. The van der Waals surface area contributed by atoms with Crippen molar-refractivity contribution in [3.8, 4) is 22.1 Å². The Labute approximate surface area is 146 Å². The molecular formula is C16H11ClN6S. The van der Waals surface area contributed by atoms with Crippen molar-refractivity contribution in [2.75, 3.05) is 0 Å². The van der Waals surface area contributed by atoms with Crippen LogP contribution in [0, 0.1) is 0 Å². The standard InChI is InChI=1S/C16H11ClN6S/c17-12-6-4-11(5-7-12)15-20-22-23(21-15)9-13-10-24-16(19-13)14-3-1-2-8-18-14/h1-8,10H,9H2. The maximum atomic E-state index is 5.89. The number of hydrogen-bond acceptors (Lipinski definition) is 6. The number of thiazole rings is 1. The SMILES string of the molecule is Clc1ccc(-c2nnn(Cc3csc(-c4ccccn4)n3)n2)cc1. The summed E-state index contributed by atoms with van der Waals surface area (Å²) in [5.74, 6) is 0.562. The van der Waals surface area contributed by atoms with Gasteiger partial charge in [0.25, 0.3) is 0 Å². The first-order valence-electron chi connectivity index (χ1n) is 7.17. The minimum Gasteiger partial charge on any atom is -0.254 e. The molecule has 0 unspecified atom stereocenters. The van der Waals surface area contributed by atoms with Crippen molar-refractivity contribution in [1.29, 1.82) is 0 Å². The first-order valence-corrected chi connectivity index (χ1v) is 8.43. The number of pyridine rings is 1. The fourth-order valence-corrected chi connectivity index (χ4v) is 3.07. The van der Waals surface area contributed by atoms with Crippen molar-refractivity contribution in [3.05, 3.63) is 64.8 Å². The average Bonchev–Trinajstić information content (AvgIpc) is 3.27. The lowest BCUT2D eigenvalue weighted by Crippen LogP contribution is -2.04. The van der Waals surface area contributed by atoms with Crippen LogP contribution in [0.2, 0.25) is 5.02 Å². The second kappa shape index (κ2) is 6.46. The number of benzene rings is 1. The second-order valence-corrected chi connectivity index (χ2v) is 6.30. The van der Waals surface area contributed by atoms with E-state index in [1.165, 1.54) is 4.80 Å². The van der Waals surface area contributed by atoms with E-state index in [2.05, 4.69) is 25.4 Å². The lowest BCUT2D eigenvalue weighted by Gasteiger charge is -1.96. The molecule has 3 heterocycles. The van der Waals surface area contributed by atoms with Gasteiger partial charge in [-0.05, 0) is 41.6 Å². The van der Waals surface area contributed by atoms with Gasteiger partial charge in [-0.15, -0.1) is 21.5 Å². The zero-order valence-electron chi connectivity index (χ0n) is 12.4. The van der Waals surface area contributed by atoms with Crippen molar-refractivity contribution in [2.24, 2.45) is 0 Å². The highest BCUT2D eigenvalue weighted by molar-refractivity contribution is 7.13. The summed E-state index contributed by atoms with van der Waals surface area (Å²) in [6.07, 6.45) is 1.76. The molecule has 0 aliphatic rings. The lowest BCUT2D eigenvalue weighted by atomic mass is 10.2. The molecule has 3 aromatic heterocycles. The summed E-state index contributed by atoms with van der Waals surface area (Å²) >= 11 is 7.44.